The summed E-state index contributed by atoms with van der Waals surface area (Å²) in [7, 11) is 1.49. The van der Waals surface area contributed by atoms with Crippen molar-refractivity contribution in [3.8, 4) is 5.75 Å². The van der Waals surface area contributed by atoms with E-state index in [9.17, 15) is 13.2 Å². The summed E-state index contributed by atoms with van der Waals surface area (Å²) in [5, 5.41) is 3.70. The van der Waals surface area contributed by atoms with Gasteiger partial charge in [0.15, 0.2) is 0 Å². The lowest BCUT2D eigenvalue weighted by Gasteiger charge is -2.09. The van der Waals surface area contributed by atoms with Crippen LogP contribution in [0.3, 0.4) is 0 Å². The molecule has 4 nitrogen and oxygen atoms in total. The molecule has 0 aliphatic carbocycles. The first-order chi connectivity index (χ1) is 9.81. The minimum absolute atomic E-state index is 0.158. The van der Waals surface area contributed by atoms with E-state index >= 15 is 0 Å². The first kappa shape index (κ1) is 15.3. The number of hydrogen-bond donors (Lipinski definition) is 1. The number of benzene rings is 1. The van der Waals surface area contributed by atoms with Gasteiger partial charge < -0.3 is 10.5 Å². The standard InChI is InChI=1S/C13H12F3N3OS/c1-20-11-3-2-8(4-10(11)12(17)21)6-19-7-9(5-18-19)13(14,15)16/h2-5,7H,6H2,1H3,(H2,17,21). The number of thiocarbonyl (C=S) groups is 1. The van der Waals surface area contributed by atoms with E-state index in [1.807, 2.05) is 0 Å². The Hall–Kier alpha value is -2.09. The molecule has 0 bridgehead atoms. The number of ether oxygens (including phenoxy) is 1. The molecule has 8 heteroatoms. The van der Waals surface area contributed by atoms with Crippen molar-refractivity contribution in [2.24, 2.45) is 5.73 Å². The second kappa shape index (κ2) is 5.72. The molecule has 0 saturated heterocycles. The average Bonchev–Trinajstić information content (AvgIpc) is 2.87. The Morgan fingerprint density at radius 3 is 2.67 bits per heavy atom. The van der Waals surface area contributed by atoms with Gasteiger partial charge in [0.25, 0.3) is 0 Å². The zero-order chi connectivity index (χ0) is 15.6. The van der Waals surface area contributed by atoms with Crippen LogP contribution in [0.2, 0.25) is 0 Å². The van der Waals surface area contributed by atoms with Crippen LogP contribution in [0.15, 0.2) is 30.6 Å². The predicted molar refractivity (Wildman–Crippen MR) is 75.2 cm³/mol. The van der Waals surface area contributed by atoms with E-state index in [0.29, 0.717) is 11.3 Å². The van der Waals surface area contributed by atoms with Gasteiger partial charge in [-0.1, -0.05) is 18.3 Å². The molecule has 0 aliphatic rings. The van der Waals surface area contributed by atoms with Gasteiger partial charge in [0.1, 0.15) is 10.7 Å². The highest BCUT2D eigenvalue weighted by molar-refractivity contribution is 7.80. The Bertz CT molecular complexity index is 667. The monoisotopic (exact) mass is 315 g/mol. The van der Waals surface area contributed by atoms with E-state index in [2.05, 4.69) is 5.10 Å². The van der Waals surface area contributed by atoms with Gasteiger partial charge in [-0.25, -0.2) is 0 Å². The summed E-state index contributed by atoms with van der Waals surface area (Å²) >= 11 is 4.92. The topological polar surface area (TPSA) is 53.1 Å². The number of methoxy groups -OCH3 is 1. The Kier molecular flexibility index (Phi) is 4.17. The molecule has 112 valence electrons. The van der Waals surface area contributed by atoms with Crippen LogP contribution in [-0.4, -0.2) is 21.9 Å². The fourth-order valence-corrected chi connectivity index (χ4v) is 1.99. The van der Waals surface area contributed by atoms with E-state index in [0.717, 1.165) is 18.0 Å². The lowest BCUT2D eigenvalue weighted by atomic mass is 10.1. The van der Waals surface area contributed by atoms with Gasteiger partial charge in [0.05, 0.1) is 31.0 Å². The minimum Gasteiger partial charge on any atom is -0.496 e. The third kappa shape index (κ3) is 3.52. The molecule has 2 rings (SSSR count). The summed E-state index contributed by atoms with van der Waals surface area (Å²) in [5.74, 6) is 0.516. The van der Waals surface area contributed by atoms with Crippen LogP contribution in [0.5, 0.6) is 5.75 Å². The molecule has 2 N–H and O–H groups in total. The van der Waals surface area contributed by atoms with E-state index in [-0.39, 0.29) is 11.5 Å². The van der Waals surface area contributed by atoms with Crippen LogP contribution < -0.4 is 10.5 Å². The number of nitrogens with zero attached hydrogens (tertiary/aromatic N) is 2. The van der Waals surface area contributed by atoms with Gasteiger partial charge in [0, 0.05) is 6.20 Å². The zero-order valence-corrected chi connectivity index (χ0v) is 11.8. The first-order valence-electron chi connectivity index (χ1n) is 5.87. The van der Waals surface area contributed by atoms with E-state index in [1.165, 1.54) is 11.8 Å². The maximum Gasteiger partial charge on any atom is 0.419 e. The third-order valence-corrected chi connectivity index (χ3v) is 3.05. The predicted octanol–water partition coefficient (Wildman–Crippen LogP) is 2.59. The molecule has 21 heavy (non-hydrogen) atoms. The van der Waals surface area contributed by atoms with Gasteiger partial charge in [-0.3, -0.25) is 4.68 Å². The van der Waals surface area contributed by atoms with Crippen LogP contribution in [0.4, 0.5) is 13.2 Å². The summed E-state index contributed by atoms with van der Waals surface area (Å²) < 4.78 is 43.8. The SMILES string of the molecule is COc1ccc(Cn2cc(C(F)(F)F)cn2)cc1C(N)=S. The number of halogens is 3. The fourth-order valence-electron chi connectivity index (χ4n) is 1.83. The van der Waals surface area contributed by atoms with Gasteiger partial charge in [0.2, 0.25) is 0 Å². The molecule has 1 aromatic heterocycles. The van der Waals surface area contributed by atoms with Crippen molar-refractivity contribution in [1.29, 1.82) is 0 Å². The molecule has 0 unspecified atom stereocenters. The fraction of sp³-hybridized carbons (Fsp3) is 0.231. The van der Waals surface area contributed by atoms with Crippen LogP contribution in [-0.2, 0) is 12.7 Å². The van der Waals surface area contributed by atoms with Crippen molar-refractivity contribution in [3.63, 3.8) is 0 Å². The number of nitrogens with two attached hydrogens (primary N) is 1. The lowest BCUT2D eigenvalue weighted by Crippen LogP contribution is -2.12. The van der Waals surface area contributed by atoms with Crippen LogP contribution in [0.25, 0.3) is 0 Å². The van der Waals surface area contributed by atoms with E-state index in [1.54, 1.807) is 18.2 Å². The molecule has 0 atom stereocenters. The second-order valence-electron chi connectivity index (χ2n) is 4.32. The van der Waals surface area contributed by atoms with Crippen LogP contribution in [0, 0.1) is 0 Å². The summed E-state index contributed by atoms with van der Waals surface area (Å²) in [6.45, 7) is 0.176. The van der Waals surface area contributed by atoms with Crippen molar-refractivity contribution >= 4 is 17.2 Å². The summed E-state index contributed by atoms with van der Waals surface area (Å²) in [6.07, 6.45) is -2.66. The Morgan fingerprint density at radius 1 is 1.43 bits per heavy atom. The molecular weight excluding hydrogens is 303 g/mol. The third-order valence-electron chi connectivity index (χ3n) is 2.83. The number of hydrogen-bond acceptors (Lipinski definition) is 3. The van der Waals surface area contributed by atoms with E-state index < -0.39 is 11.7 Å². The molecule has 1 aromatic carbocycles. The maximum absolute atomic E-state index is 12.5. The molecule has 0 fully saturated rings. The van der Waals surface area contributed by atoms with Crippen molar-refractivity contribution in [3.05, 3.63) is 47.3 Å². The number of rotatable bonds is 4. The first-order valence-corrected chi connectivity index (χ1v) is 6.28. The second-order valence-corrected chi connectivity index (χ2v) is 4.76. The molecule has 0 radical (unpaired) electrons. The lowest BCUT2D eigenvalue weighted by molar-refractivity contribution is -0.137. The van der Waals surface area contributed by atoms with Crippen LogP contribution in [0.1, 0.15) is 16.7 Å². The highest BCUT2D eigenvalue weighted by atomic mass is 32.1. The molecule has 1 heterocycles. The number of alkyl halides is 3. The van der Waals surface area contributed by atoms with Crippen molar-refractivity contribution in [2.45, 2.75) is 12.7 Å². The molecule has 0 aliphatic heterocycles. The zero-order valence-electron chi connectivity index (χ0n) is 11.0. The van der Waals surface area contributed by atoms with Crippen LogP contribution >= 0.6 is 12.2 Å². The minimum atomic E-state index is -4.40. The van der Waals surface area contributed by atoms with Crippen molar-refractivity contribution < 1.29 is 17.9 Å². The molecule has 0 saturated carbocycles. The highest BCUT2D eigenvalue weighted by Crippen LogP contribution is 2.28. The molecule has 0 amide bonds. The largest absolute Gasteiger partial charge is 0.496 e. The van der Waals surface area contributed by atoms with Gasteiger partial charge in [-0.2, -0.15) is 18.3 Å². The van der Waals surface area contributed by atoms with Gasteiger partial charge in [-0.05, 0) is 17.7 Å². The van der Waals surface area contributed by atoms with Crippen molar-refractivity contribution in [1.82, 2.24) is 9.78 Å². The summed E-state index contributed by atoms with van der Waals surface area (Å²) in [4.78, 5) is 0.158. The van der Waals surface area contributed by atoms with E-state index in [4.69, 9.17) is 22.7 Å². The van der Waals surface area contributed by atoms with Gasteiger partial charge >= 0.3 is 6.18 Å². The molecule has 2 aromatic rings. The van der Waals surface area contributed by atoms with Gasteiger partial charge in [-0.15, -0.1) is 0 Å². The Labute approximate surface area is 124 Å². The highest BCUT2D eigenvalue weighted by Gasteiger charge is 2.32. The molecular formula is C13H12F3N3OS. The molecule has 0 spiro atoms. The smallest absolute Gasteiger partial charge is 0.419 e. The normalized spacial score (nSPS) is 11.4. The summed E-state index contributed by atoms with van der Waals surface area (Å²) in [6, 6.07) is 5.06. The Balaban J connectivity index is 2.26. The average molecular weight is 315 g/mol. The van der Waals surface area contributed by atoms with Crippen molar-refractivity contribution in [2.75, 3.05) is 7.11 Å². The Morgan fingerprint density at radius 2 is 2.14 bits per heavy atom. The number of aromatic nitrogens is 2. The quantitative estimate of drug-likeness (QED) is 0.881. The summed E-state index contributed by atoms with van der Waals surface area (Å²) in [5.41, 5.74) is 6.06. The maximum atomic E-state index is 12.5.